The van der Waals surface area contributed by atoms with Crippen molar-refractivity contribution in [1.82, 2.24) is 16.0 Å². The van der Waals surface area contributed by atoms with Crippen molar-refractivity contribution in [3.63, 3.8) is 0 Å². The Morgan fingerprint density at radius 2 is 2.08 bits per heavy atom. The summed E-state index contributed by atoms with van der Waals surface area (Å²) in [5, 5.41) is 25.5. The van der Waals surface area contributed by atoms with Crippen LogP contribution in [0.5, 0.6) is 0 Å². The molecule has 0 saturated heterocycles. The normalized spacial score (nSPS) is 11.8. The summed E-state index contributed by atoms with van der Waals surface area (Å²) in [6, 6.07) is 0.650. The van der Waals surface area contributed by atoms with Gasteiger partial charge in [-0.2, -0.15) is 17.0 Å². The number of thioether (sulfide) groups is 1. The van der Waals surface area contributed by atoms with Gasteiger partial charge < -0.3 is 25.8 Å². The van der Waals surface area contributed by atoms with Crippen molar-refractivity contribution in [2.24, 2.45) is 0 Å². The van der Waals surface area contributed by atoms with Gasteiger partial charge >= 0.3 is 12.1 Å². The Morgan fingerprint density at radius 1 is 1.38 bits per heavy atom. The summed E-state index contributed by atoms with van der Waals surface area (Å²) in [6.45, 7) is 2.45. The van der Waals surface area contributed by atoms with E-state index in [1.165, 1.54) is 18.0 Å². The fraction of sp³-hybridized carbons (Fsp3) is 0.571. The van der Waals surface area contributed by atoms with Crippen molar-refractivity contribution in [1.29, 1.82) is 5.26 Å². The van der Waals surface area contributed by atoms with Gasteiger partial charge in [-0.05, 0) is 25.4 Å². The van der Waals surface area contributed by atoms with Crippen LogP contribution in [0.3, 0.4) is 0 Å². The molecular formula is C14H22N4O5S. The fourth-order valence-electron chi connectivity index (χ4n) is 1.47. The molecule has 0 aromatic carbocycles. The lowest BCUT2D eigenvalue weighted by Gasteiger charge is -2.13. The smallest absolute Gasteiger partial charge is 0.407 e. The molecule has 0 aromatic heterocycles. The standard InChI is InChI=1S/C14H22N4O5S/c1-3-23-14(22)17-6-5-16-9-10(8-15)12(19)18-11(13(20)21)4-7-24-2/h9,11,16H,3-7H2,1-2H3,(H,17,22)(H,18,19)(H,20,21)/b10-9-. The maximum Gasteiger partial charge on any atom is 0.407 e. The fourth-order valence-corrected chi connectivity index (χ4v) is 1.94. The molecule has 0 aliphatic rings. The maximum atomic E-state index is 11.9. The van der Waals surface area contributed by atoms with Crippen molar-refractivity contribution >= 4 is 29.7 Å². The second-order valence-corrected chi connectivity index (χ2v) is 5.40. The molecule has 1 unspecified atom stereocenters. The molecule has 1 atom stereocenters. The van der Waals surface area contributed by atoms with Crippen LogP contribution >= 0.6 is 11.8 Å². The number of carbonyl (C=O) groups excluding carboxylic acids is 2. The van der Waals surface area contributed by atoms with Crippen molar-refractivity contribution < 1.29 is 24.2 Å². The van der Waals surface area contributed by atoms with E-state index in [1.54, 1.807) is 13.0 Å². The zero-order valence-corrected chi connectivity index (χ0v) is 14.4. The number of nitrogens with one attached hydrogen (secondary N) is 3. The van der Waals surface area contributed by atoms with E-state index in [0.29, 0.717) is 5.75 Å². The first-order valence-corrected chi connectivity index (χ1v) is 8.62. The molecule has 134 valence electrons. The predicted molar refractivity (Wildman–Crippen MR) is 89.3 cm³/mol. The number of nitriles is 1. The topological polar surface area (TPSA) is 141 Å². The highest BCUT2D eigenvalue weighted by atomic mass is 32.2. The molecule has 0 aliphatic carbocycles. The summed E-state index contributed by atoms with van der Waals surface area (Å²) in [7, 11) is 0. The van der Waals surface area contributed by atoms with E-state index >= 15 is 0 Å². The third kappa shape index (κ3) is 9.58. The number of nitrogens with zero attached hydrogens (tertiary/aromatic N) is 1. The van der Waals surface area contributed by atoms with Gasteiger partial charge in [0.25, 0.3) is 5.91 Å². The average Bonchev–Trinajstić information content (AvgIpc) is 2.54. The first-order chi connectivity index (χ1) is 11.5. The number of carboxylic acid groups (broad SMARTS) is 1. The molecule has 9 nitrogen and oxygen atoms in total. The lowest BCUT2D eigenvalue weighted by Crippen LogP contribution is -2.42. The van der Waals surface area contributed by atoms with Gasteiger partial charge in [0.15, 0.2) is 0 Å². The van der Waals surface area contributed by atoms with Crippen LogP contribution in [0.4, 0.5) is 4.79 Å². The summed E-state index contributed by atoms with van der Waals surface area (Å²) >= 11 is 1.46. The quantitative estimate of drug-likeness (QED) is 0.231. The number of hydrogen-bond donors (Lipinski definition) is 4. The Bertz CT molecular complexity index is 504. The molecule has 0 aliphatic heterocycles. The van der Waals surface area contributed by atoms with Gasteiger partial charge in [-0.3, -0.25) is 4.79 Å². The van der Waals surface area contributed by atoms with Crippen molar-refractivity contribution in [2.75, 3.05) is 31.7 Å². The minimum atomic E-state index is -1.15. The lowest BCUT2D eigenvalue weighted by molar-refractivity contribution is -0.141. The SMILES string of the molecule is CCOC(=O)NCCN/C=C(/C#N)C(=O)NC(CCSC)C(=O)O. The predicted octanol–water partition coefficient (Wildman–Crippen LogP) is 0.0521. The van der Waals surface area contributed by atoms with Gasteiger partial charge in [0, 0.05) is 19.3 Å². The third-order valence-corrected chi connectivity index (χ3v) is 3.28. The van der Waals surface area contributed by atoms with E-state index in [1.807, 2.05) is 6.26 Å². The third-order valence-electron chi connectivity index (χ3n) is 2.64. The molecule has 10 heteroatoms. The number of rotatable bonds is 11. The van der Waals surface area contributed by atoms with Crippen molar-refractivity contribution in [3.8, 4) is 6.07 Å². The summed E-state index contributed by atoms with van der Waals surface area (Å²) in [6.07, 6.45) is 2.71. The molecular weight excluding hydrogens is 336 g/mol. The molecule has 4 N–H and O–H groups in total. The molecule has 0 aromatic rings. The number of aliphatic carboxylic acids is 1. The molecule has 0 heterocycles. The largest absolute Gasteiger partial charge is 0.480 e. The lowest BCUT2D eigenvalue weighted by atomic mass is 10.2. The zero-order chi connectivity index (χ0) is 18.4. The number of alkyl carbamates (subject to hydrolysis) is 1. The Balaban J connectivity index is 4.39. The first-order valence-electron chi connectivity index (χ1n) is 7.23. The van der Waals surface area contributed by atoms with Crippen molar-refractivity contribution in [2.45, 2.75) is 19.4 Å². The number of hydrogen-bond acceptors (Lipinski definition) is 7. The van der Waals surface area contributed by atoms with Crippen LogP contribution in [0.2, 0.25) is 0 Å². The second-order valence-electron chi connectivity index (χ2n) is 4.42. The van der Waals surface area contributed by atoms with Gasteiger partial charge in [-0.1, -0.05) is 0 Å². The number of amides is 2. The van der Waals surface area contributed by atoms with E-state index in [4.69, 9.17) is 10.4 Å². The minimum Gasteiger partial charge on any atom is -0.480 e. The number of carbonyl (C=O) groups is 3. The molecule has 0 rings (SSSR count). The van der Waals surface area contributed by atoms with Crippen LogP contribution in [0.25, 0.3) is 0 Å². The van der Waals surface area contributed by atoms with Gasteiger partial charge in [0.05, 0.1) is 6.61 Å². The van der Waals surface area contributed by atoms with Gasteiger partial charge in [-0.25, -0.2) is 9.59 Å². The molecule has 0 spiro atoms. The summed E-state index contributed by atoms with van der Waals surface area (Å²) in [4.78, 5) is 34.0. The van der Waals surface area contributed by atoms with Crippen molar-refractivity contribution in [3.05, 3.63) is 11.8 Å². The van der Waals surface area contributed by atoms with Crippen LogP contribution < -0.4 is 16.0 Å². The highest BCUT2D eigenvalue weighted by Crippen LogP contribution is 2.02. The van der Waals surface area contributed by atoms with E-state index in [9.17, 15) is 14.4 Å². The van der Waals surface area contributed by atoms with Gasteiger partial charge in [0.1, 0.15) is 17.7 Å². The van der Waals surface area contributed by atoms with Crippen LogP contribution in [-0.4, -0.2) is 60.8 Å². The van der Waals surface area contributed by atoms with E-state index in [0.717, 1.165) is 0 Å². The maximum absolute atomic E-state index is 11.9. The Morgan fingerprint density at radius 3 is 2.62 bits per heavy atom. The summed E-state index contributed by atoms with van der Waals surface area (Å²) < 4.78 is 4.66. The van der Waals surface area contributed by atoms with E-state index < -0.39 is 24.0 Å². The van der Waals surface area contributed by atoms with Gasteiger partial charge in [-0.15, -0.1) is 0 Å². The molecule has 0 fully saturated rings. The second kappa shape index (κ2) is 13.1. The highest BCUT2D eigenvalue weighted by molar-refractivity contribution is 7.98. The van der Waals surface area contributed by atoms with Crippen LogP contribution in [0.1, 0.15) is 13.3 Å². The molecule has 0 bridgehead atoms. The summed E-state index contributed by atoms with van der Waals surface area (Å²) in [5.74, 6) is -1.35. The number of carboxylic acids is 1. The summed E-state index contributed by atoms with van der Waals surface area (Å²) in [5.41, 5.74) is -0.249. The molecule has 2 amide bonds. The van der Waals surface area contributed by atoms with Crippen LogP contribution in [0, 0.1) is 11.3 Å². The van der Waals surface area contributed by atoms with E-state index in [2.05, 4.69) is 20.7 Å². The van der Waals surface area contributed by atoms with Crippen LogP contribution in [0.15, 0.2) is 11.8 Å². The Hall–Kier alpha value is -2.41. The zero-order valence-electron chi connectivity index (χ0n) is 13.6. The highest BCUT2D eigenvalue weighted by Gasteiger charge is 2.21. The molecule has 0 saturated carbocycles. The Kier molecular flexibility index (Phi) is 11.8. The Labute approximate surface area is 144 Å². The number of ether oxygens (including phenoxy) is 1. The van der Waals surface area contributed by atoms with Crippen LogP contribution in [-0.2, 0) is 14.3 Å². The average molecular weight is 358 g/mol. The van der Waals surface area contributed by atoms with E-state index in [-0.39, 0.29) is 31.7 Å². The minimum absolute atomic E-state index is 0.237. The first kappa shape index (κ1) is 21.6. The monoisotopic (exact) mass is 358 g/mol. The molecule has 24 heavy (non-hydrogen) atoms. The molecule has 0 radical (unpaired) electrons. The van der Waals surface area contributed by atoms with Gasteiger partial charge in [0.2, 0.25) is 0 Å².